The normalized spacial score (nSPS) is 12.3. The zero-order valence-electron chi connectivity index (χ0n) is 20.8. The van der Waals surface area contributed by atoms with Gasteiger partial charge >= 0.3 is 10.2 Å². The van der Waals surface area contributed by atoms with Crippen molar-refractivity contribution < 1.29 is 22.4 Å². The molecule has 2 aromatic carbocycles. The number of nitrogens with one attached hydrogen (secondary N) is 1. The van der Waals surface area contributed by atoms with Gasteiger partial charge in [0.2, 0.25) is 11.8 Å². The summed E-state index contributed by atoms with van der Waals surface area (Å²) in [6, 6.07) is 14.0. The summed E-state index contributed by atoms with van der Waals surface area (Å²) < 4.78 is 42.3. The van der Waals surface area contributed by atoms with Crippen LogP contribution in [0.1, 0.15) is 32.3 Å². The second kappa shape index (κ2) is 13.2. The van der Waals surface area contributed by atoms with Crippen molar-refractivity contribution in [1.82, 2.24) is 14.5 Å². The number of hydrogen-bond donors (Lipinski definition) is 1. The average Bonchev–Trinajstić information content (AvgIpc) is 2.83. The first-order chi connectivity index (χ1) is 16.6. The van der Waals surface area contributed by atoms with Crippen molar-refractivity contribution in [1.29, 1.82) is 0 Å². The third-order valence-electron chi connectivity index (χ3n) is 5.62. The molecule has 0 unspecified atom stereocenters. The molecule has 0 aliphatic heterocycles. The number of benzene rings is 2. The summed E-state index contributed by atoms with van der Waals surface area (Å²) >= 11 is 0. The SMILES string of the molecule is CCCCNC(=O)[C@@H](C)N(CCc1ccccc1)C(=O)CN(c1ccccc1F)S(=O)(=O)N(C)C. The maximum Gasteiger partial charge on any atom is 0.304 e. The number of halogens is 1. The zero-order chi connectivity index (χ0) is 26.0. The van der Waals surface area contributed by atoms with Gasteiger partial charge in [-0.1, -0.05) is 55.8 Å². The molecule has 0 saturated heterocycles. The van der Waals surface area contributed by atoms with Gasteiger partial charge in [-0.3, -0.25) is 9.59 Å². The standard InChI is InChI=1S/C25H35FN4O4S/c1-5-6-17-27-25(32)20(2)29(18-16-21-12-8-7-9-13-21)24(31)19-30(35(33,34)28(3)4)23-15-11-10-14-22(23)26/h7-15,20H,5-6,16-19H2,1-4H3,(H,27,32)/t20-/m1/s1. The fourth-order valence-corrected chi connectivity index (χ4v) is 4.53. The van der Waals surface area contributed by atoms with Crippen LogP contribution in [0.25, 0.3) is 0 Å². The highest BCUT2D eigenvalue weighted by Crippen LogP contribution is 2.23. The van der Waals surface area contributed by atoms with Crippen LogP contribution in [0.5, 0.6) is 0 Å². The first-order valence-electron chi connectivity index (χ1n) is 11.6. The van der Waals surface area contributed by atoms with Crippen LogP contribution in [0, 0.1) is 5.82 Å². The second-order valence-electron chi connectivity index (χ2n) is 8.39. The smallest absolute Gasteiger partial charge is 0.304 e. The highest BCUT2D eigenvalue weighted by atomic mass is 32.2. The molecule has 2 aromatic rings. The molecule has 192 valence electrons. The van der Waals surface area contributed by atoms with Crippen LogP contribution in [0.3, 0.4) is 0 Å². The summed E-state index contributed by atoms with van der Waals surface area (Å²) in [7, 11) is -1.57. The van der Waals surface area contributed by atoms with Crippen LogP contribution in [0.2, 0.25) is 0 Å². The van der Waals surface area contributed by atoms with Crippen molar-refractivity contribution >= 4 is 27.7 Å². The highest BCUT2D eigenvalue weighted by Gasteiger charge is 2.33. The number of para-hydroxylation sites is 1. The summed E-state index contributed by atoms with van der Waals surface area (Å²) in [5.74, 6) is -1.70. The number of carbonyl (C=O) groups excluding carboxylic acids is 2. The van der Waals surface area contributed by atoms with Crippen molar-refractivity contribution in [2.75, 3.05) is 38.0 Å². The molecular weight excluding hydrogens is 471 g/mol. The molecule has 0 fully saturated rings. The lowest BCUT2D eigenvalue weighted by atomic mass is 10.1. The van der Waals surface area contributed by atoms with Crippen molar-refractivity contribution in [3.8, 4) is 0 Å². The van der Waals surface area contributed by atoms with E-state index in [4.69, 9.17) is 0 Å². The molecule has 35 heavy (non-hydrogen) atoms. The summed E-state index contributed by atoms with van der Waals surface area (Å²) in [6.45, 7) is 3.64. The van der Waals surface area contributed by atoms with E-state index in [1.807, 2.05) is 37.3 Å². The van der Waals surface area contributed by atoms with Gasteiger partial charge in [0.15, 0.2) is 0 Å². The molecule has 0 spiro atoms. The lowest BCUT2D eigenvalue weighted by molar-refractivity contribution is -0.138. The van der Waals surface area contributed by atoms with Crippen LogP contribution >= 0.6 is 0 Å². The fourth-order valence-electron chi connectivity index (χ4n) is 3.46. The van der Waals surface area contributed by atoms with E-state index in [1.54, 1.807) is 6.92 Å². The van der Waals surface area contributed by atoms with E-state index in [1.165, 1.54) is 37.2 Å². The van der Waals surface area contributed by atoms with E-state index in [9.17, 15) is 22.4 Å². The summed E-state index contributed by atoms with van der Waals surface area (Å²) in [6.07, 6.45) is 2.18. The Bertz CT molecular complexity index is 1080. The molecule has 0 aliphatic rings. The molecule has 0 heterocycles. The Balaban J connectivity index is 2.35. The van der Waals surface area contributed by atoms with Crippen LogP contribution in [0.15, 0.2) is 54.6 Å². The van der Waals surface area contributed by atoms with Crippen LogP contribution < -0.4 is 9.62 Å². The molecule has 2 amide bonds. The number of anilines is 1. The number of hydrogen-bond acceptors (Lipinski definition) is 4. The number of rotatable bonds is 13. The molecular formula is C25H35FN4O4S. The Morgan fingerprint density at radius 1 is 1.03 bits per heavy atom. The third-order valence-corrected chi connectivity index (χ3v) is 7.43. The van der Waals surface area contributed by atoms with Gasteiger partial charge in [-0.05, 0) is 37.5 Å². The minimum Gasteiger partial charge on any atom is -0.354 e. The van der Waals surface area contributed by atoms with Gasteiger partial charge in [-0.25, -0.2) is 8.70 Å². The molecule has 8 nitrogen and oxygen atoms in total. The number of nitrogens with zero attached hydrogens (tertiary/aromatic N) is 3. The lowest BCUT2D eigenvalue weighted by Gasteiger charge is -2.33. The summed E-state index contributed by atoms with van der Waals surface area (Å²) in [5, 5.41) is 2.83. The van der Waals surface area contributed by atoms with E-state index in [2.05, 4.69) is 5.32 Å². The maximum atomic E-state index is 14.6. The molecule has 0 bridgehead atoms. The quantitative estimate of drug-likeness (QED) is 0.423. The second-order valence-corrected chi connectivity index (χ2v) is 10.5. The van der Waals surface area contributed by atoms with Crippen LogP contribution in [0.4, 0.5) is 10.1 Å². The summed E-state index contributed by atoms with van der Waals surface area (Å²) in [5.41, 5.74) is 0.730. The molecule has 1 atom stereocenters. The Morgan fingerprint density at radius 3 is 2.26 bits per heavy atom. The van der Waals surface area contributed by atoms with E-state index in [-0.39, 0.29) is 18.1 Å². The molecule has 1 N–H and O–H groups in total. The first kappa shape index (κ1) is 28.3. The largest absolute Gasteiger partial charge is 0.354 e. The predicted octanol–water partition coefficient (Wildman–Crippen LogP) is 2.81. The Labute approximate surface area is 207 Å². The van der Waals surface area contributed by atoms with E-state index < -0.39 is 34.5 Å². The van der Waals surface area contributed by atoms with Gasteiger partial charge in [0.25, 0.3) is 0 Å². The summed E-state index contributed by atoms with van der Waals surface area (Å²) in [4.78, 5) is 27.6. The Hall–Kier alpha value is -2.98. The van der Waals surface area contributed by atoms with E-state index in [0.29, 0.717) is 13.0 Å². The number of amides is 2. The van der Waals surface area contributed by atoms with Gasteiger partial charge in [-0.2, -0.15) is 12.7 Å². The third kappa shape index (κ3) is 7.76. The van der Waals surface area contributed by atoms with Crippen molar-refractivity contribution in [3.05, 3.63) is 66.0 Å². The molecule has 0 aliphatic carbocycles. The zero-order valence-corrected chi connectivity index (χ0v) is 21.6. The Kier molecular flexibility index (Phi) is 10.7. The number of carbonyl (C=O) groups is 2. The van der Waals surface area contributed by atoms with Gasteiger partial charge in [0, 0.05) is 27.2 Å². The topological polar surface area (TPSA) is 90.0 Å². The first-order valence-corrected chi connectivity index (χ1v) is 13.0. The maximum absolute atomic E-state index is 14.6. The Morgan fingerprint density at radius 2 is 1.66 bits per heavy atom. The van der Waals surface area contributed by atoms with Crippen molar-refractivity contribution in [2.24, 2.45) is 0 Å². The molecule has 2 rings (SSSR count). The predicted molar refractivity (Wildman–Crippen MR) is 136 cm³/mol. The molecule has 10 heteroatoms. The van der Waals surface area contributed by atoms with Crippen LogP contribution in [-0.4, -0.2) is 69.2 Å². The van der Waals surface area contributed by atoms with Gasteiger partial charge in [-0.15, -0.1) is 0 Å². The monoisotopic (exact) mass is 506 g/mol. The minimum atomic E-state index is -4.20. The van der Waals surface area contributed by atoms with Crippen molar-refractivity contribution in [3.63, 3.8) is 0 Å². The lowest BCUT2D eigenvalue weighted by Crippen LogP contribution is -2.53. The fraction of sp³-hybridized carbons (Fsp3) is 0.440. The van der Waals surface area contributed by atoms with Gasteiger partial charge < -0.3 is 10.2 Å². The van der Waals surface area contributed by atoms with Gasteiger partial charge in [0.05, 0.1) is 5.69 Å². The minimum absolute atomic E-state index is 0.193. The van der Waals surface area contributed by atoms with Crippen LogP contribution in [-0.2, 0) is 26.2 Å². The van der Waals surface area contributed by atoms with E-state index in [0.717, 1.165) is 33.1 Å². The molecule has 0 saturated carbocycles. The molecule has 0 aromatic heterocycles. The van der Waals surface area contributed by atoms with E-state index >= 15 is 0 Å². The molecule has 0 radical (unpaired) electrons. The highest BCUT2D eigenvalue weighted by molar-refractivity contribution is 7.90. The average molecular weight is 507 g/mol. The van der Waals surface area contributed by atoms with Crippen molar-refractivity contribution in [2.45, 2.75) is 39.2 Å². The number of unbranched alkanes of at least 4 members (excludes halogenated alkanes) is 1. The van der Waals surface area contributed by atoms with Gasteiger partial charge in [0.1, 0.15) is 18.4 Å².